The quantitative estimate of drug-likeness (QED) is 0.595. The van der Waals surface area contributed by atoms with E-state index in [4.69, 9.17) is 5.11 Å². The zero-order valence-corrected chi connectivity index (χ0v) is 6.34. The Balaban J connectivity index is 2.42. The summed E-state index contributed by atoms with van der Waals surface area (Å²) in [5.41, 5.74) is 0. The zero-order valence-electron chi connectivity index (χ0n) is 6.34. The predicted molar refractivity (Wildman–Crippen MR) is 38.6 cm³/mol. The van der Waals surface area contributed by atoms with E-state index in [-0.39, 0.29) is 11.9 Å². The first-order chi connectivity index (χ1) is 4.72. The Morgan fingerprint density at radius 3 is 2.80 bits per heavy atom. The van der Waals surface area contributed by atoms with Crippen LogP contribution in [0.3, 0.4) is 0 Å². The summed E-state index contributed by atoms with van der Waals surface area (Å²) in [6.45, 7) is 2.07. The Hall–Kier alpha value is -0.370. The fourth-order valence-corrected chi connectivity index (χ4v) is 1.53. The maximum Gasteiger partial charge on any atom is 0.135 e. The van der Waals surface area contributed by atoms with E-state index in [9.17, 15) is 4.79 Å². The molecule has 2 unspecified atom stereocenters. The van der Waals surface area contributed by atoms with Gasteiger partial charge < -0.3 is 5.11 Å². The molecule has 0 radical (unpaired) electrons. The molecule has 0 amide bonds. The van der Waals surface area contributed by atoms with Crippen molar-refractivity contribution in [3.63, 3.8) is 0 Å². The molecule has 10 heavy (non-hydrogen) atoms. The van der Waals surface area contributed by atoms with E-state index < -0.39 is 0 Å². The number of ketones is 1. The number of aliphatic hydroxyl groups excluding tert-OH is 1. The summed E-state index contributed by atoms with van der Waals surface area (Å²) in [7, 11) is 0. The molecule has 1 aliphatic rings. The molecule has 0 aromatic carbocycles. The first-order valence-corrected chi connectivity index (χ1v) is 3.92. The summed E-state index contributed by atoms with van der Waals surface area (Å²) in [6.07, 6.45) is 2.56. The van der Waals surface area contributed by atoms with Crippen molar-refractivity contribution in [2.24, 2.45) is 5.92 Å². The Labute approximate surface area is 61.2 Å². The van der Waals surface area contributed by atoms with Crippen molar-refractivity contribution in [2.75, 3.05) is 0 Å². The topological polar surface area (TPSA) is 37.3 Å². The molecule has 0 heterocycles. The van der Waals surface area contributed by atoms with Crippen LogP contribution in [-0.4, -0.2) is 17.0 Å². The highest BCUT2D eigenvalue weighted by atomic mass is 16.3. The summed E-state index contributed by atoms with van der Waals surface area (Å²) in [5, 5.41) is 9.16. The molecule has 0 bridgehead atoms. The molecule has 0 aliphatic heterocycles. The first kappa shape index (κ1) is 7.73. The largest absolute Gasteiger partial charge is 0.393 e. The molecule has 1 N–H and O–H groups in total. The van der Waals surface area contributed by atoms with Crippen molar-refractivity contribution < 1.29 is 9.90 Å². The highest BCUT2D eigenvalue weighted by Crippen LogP contribution is 2.23. The summed E-state index contributed by atoms with van der Waals surface area (Å²) in [5.74, 6) is 0.668. The smallest absolute Gasteiger partial charge is 0.135 e. The summed E-state index contributed by atoms with van der Waals surface area (Å²) in [4.78, 5) is 10.9. The van der Waals surface area contributed by atoms with Gasteiger partial charge in [0.25, 0.3) is 0 Å². The number of hydrogen-bond acceptors (Lipinski definition) is 2. The summed E-state index contributed by atoms with van der Waals surface area (Å²) in [6, 6.07) is 0. The summed E-state index contributed by atoms with van der Waals surface area (Å²) < 4.78 is 0. The van der Waals surface area contributed by atoms with Gasteiger partial charge in [0.15, 0.2) is 0 Å². The molecule has 0 spiro atoms. The Bertz CT molecular complexity index is 131. The number of carbonyl (C=O) groups excluding carboxylic acids is 1. The number of Topliss-reactive ketones (excluding diaryl/α,β-unsaturated/α-hetero) is 1. The molecule has 58 valence electrons. The SMILES string of the molecule is CCC1CC(=O)CC(O)C1. The minimum absolute atomic E-state index is 0.227. The minimum Gasteiger partial charge on any atom is -0.393 e. The van der Waals surface area contributed by atoms with Gasteiger partial charge in [0, 0.05) is 12.8 Å². The van der Waals surface area contributed by atoms with Crippen molar-refractivity contribution in [1.82, 2.24) is 0 Å². The van der Waals surface area contributed by atoms with E-state index in [1.807, 2.05) is 0 Å². The van der Waals surface area contributed by atoms with Gasteiger partial charge in [-0.1, -0.05) is 13.3 Å². The lowest BCUT2D eigenvalue weighted by atomic mass is 9.85. The maximum absolute atomic E-state index is 10.9. The molecule has 1 rings (SSSR count). The molecule has 2 nitrogen and oxygen atoms in total. The molecule has 1 aliphatic carbocycles. The van der Waals surface area contributed by atoms with E-state index in [2.05, 4.69) is 6.92 Å². The van der Waals surface area contributed by atoms with Crippen molar-refractivity contribution >= 4 is 5.78 Å². The second-order valence-corrected chi connectivity index (χ2v) is 3.11. The van der Waals surface area contributed by atoms with Crippen molar-refractivity contribution in [3.8, 4) is 0 Å². The molecule has 0 saturated heterocycles. The third-order valence-electron chi connectivity index (χ3n) is 2.16. The lowest BCUT2D eigenvalue weighted by Crippen LogP contribution is -2.25. The maximum atomic E-state index is 10.9. The van der Waals surface area contributed by atoms with Gasteiger partial charge in [-0.3, -0.25) is 4.79 Å². The monoisotopic (exact) mass is 142 g/mol. The van der Waals surface area contributed by atoms with Crippen LogP contribution >= 0.6 is 0 Å². The lowest BCUT2D eigenvalue weighted by Gasteiger charge is -2.23. The van der Waals surface area contributed by atoms with Gasteiger partial charge in [0.2, 0.25) is 0 Å². The zero-order chi connectivity index (χ0) is 7.56. The van der Waals surface area contributed by atoms with Crippen molar-refractivity contribution in [1.29, 1.82) is 0 Å². The van der Waals surface area contributed by atoms with Gasteiger partial charge in [-0.2, -0.15) is 0 Å². The molecule has 2 heteroatoms. The predicted octanol–water partition coefficient (Wildman–Crippen LogP) is 1.13. The standard InChI is InChI=1S/C8H14O2/c1-2-6-3-7(9)5-8(10)4-6/h6-7,9H,2-5H2,1H3. The number of carbonyl (C=O) groups is 1. The molecule has 0 aromatic rings. The van der Waals surface area contributed by atoms with Gasteiger partial charge >= 0.3 is 0 Å². The van der Waals surface area contributed by atoms with Crippen LogP contribution in [0, 0.1) is 5.92 Å². The van der Waals surface area contributed by atoms with Crippen molar-refractivity contribution in [3.05, 3.63) is 0 Å². The Morgan fingerprint density at radius 2 is 2.30 bits per heavy atom. The van der Waals surface area contributed by atoms with Gasteiger partial charge in [-0.15, -0.1) is 0 Å². The van der Waals surface area contributed by atoms with Gasteiger partial charge in [-0.25, -0.2) is 0 Å². The molecular weight excluding hydrogens is 128 g/mol. The van der Waals surface area contributed by atoms with Crippen LogP contribution in [0.5, 0.6) is 0 Å². The second-order valence-electron chi connectivity index (χ2n) is 3.11. The van der Waals surface area contributed by atoms with E-state index in [0.29, 0.717) is 18.8 Å². The number of hydrogen-bond donors (Lipinski definition) is 1. The molecule has 1 saturated carbocycles. The fraction of sp³-hybridized carbons (Fsp3) is 0.875. The van der Waals surface area contributed by atoms with Crippen LogP contribution in [0.25, 0.3) is 0 Å². The third kappa shape index (κ3) is 1.81. The fourth-order valence-electron chi connectivity index (χ4n) is 1.53. The van der Waals surface area contributed by atoms with E-state index in [1.54, 1.807) is 0 Å². The minimum atomic E-state index is -0.355. The third-order valence-corrected chi connectivity index (χ3v) is 2.16. The van der Waals surface area contributed by atoms with Crippen LogP contribution < -0.4 is 0 Å². The highest BCUT2D eigenvalue weighted by Gasteiger charge is 2.24. The highest BCUT2D eigenvalue weighted by molar-refractivity contribution is 5.79. The van der Waals surface area contributed by atoms with Crippen LogP contribution in [0.2, 0.25) is 0 Å². The molecular formula is C8H14O2. The average Bonchev–Trinajstić information content (AvgIpc) is 1.85. The average molecular weight is 142 g/mol. The Kier molecular flexibility index (Phi) is 2.44. The van der Waals surface area contributed by atoms with Crippen LogP contribution in [-0.2, 0) is 4.79 Å². The molecule has 1 fully saturated rings. The van der Waals surface area contributed by atoms with Crippen LogP contribution in [0.15, 0.2) is 0 Å². The lowest BCUT2D eigenvalue weighted by molar-refractivity contribution is -0.124. The normalized spacial score (nSPS) is 34.4. The molecule has 0 aromatic heterocycles. The van der Waals surface area contributed by atoms with Crippen molar-refractivity contribution in [2.45, 2.75) is 38.7 Å². The van der Waals surface area contributed by atoms with Crippen LogP contribution in [0.1, 0.15) is 32.6 Å². The van der Waals surface area contributed by atoms with Gasteiger partial charge in [0.05, 0.1) is 6.10 Å². The van der Waals surface area contributed by atoms with E-state index in [0.717, 1.165) is 12.8 Å². The van der Waals surface area contributed by atoms with Crippen LogP contribution in [0.4, 0.5) is 0 Å². The second kappa shape index (κ2) is 3.15. The van der Waals surface area contributed by atoms with E-state index >= 15 is 0 Å². The number of aliphatic hydroxyl groups is 1. The first-order valence-electron chi connectivity index (χ1n) is 3.92. The number of rotatable bonds is 1. The molecule has 2 atom stereocenters. The van der Waals surface area contributed by atoms with Gasteiger partial charge in [0.1, 0.15) is 5.78 Å². The Morgan fingerprint density at radius 1 is 1.60 bits per heavy atom. The van der Waals surface area contributed by atoms with Gasteiger partial charge in [-0.05, 0) is 12.3 Å². The summed E-state index contributed by atoms with van der Waals surface area (Å²) >= 11 is 0. The van der Waals surface area contributed by atoms with E-state index in [1.165, 1.54) is 0 Å².